The number of halogens is 1. The molecule has 0 radical (unpaired) electrons. The maximum absolute atomic E-state index is 14.8. The number of anilines is 2. The summed E-state index contributed by atoms with van der Waals surface area (Å²) in [5, 5.41) is 11.9. The minimum absolute atomic E-state index is 0.0826. The van der Waals surface area contributed by atoms with Gasteiger partial charge in [0.05, 0.1) is 28.5 Å². The highest BCUT2D eigenvalue weighted by molar-refractivity contribution is 8.01. The van der Waals surface area contributed by atoms with Gasteiger partial charge in [0.15, 0.2) is 10.9 Å². The number of thiazole rings is 1. The van der Waals surface area contributed by atoms with Crippen molar-refractivity contribution in [3.8, 4) is 5.75 Å². The number of aromatic nitrogens is 1. The van der Waals surface area contributed by atoms with E-state index >= 15 is 0 Å². The van der Waals surface area contributed by atoms with Gasteiger partial charge in [0.2, 0.25) is 0 Å². The van der Waals surface area contributed by atoms with E-state index in [1.165, 1.54) is 28.5 Å². The zero-order valence-electron chi connectivity index (χ0n) is 16.6. The molecule has 10 heteroatoms. The molecule has 1 aliphatic rings. The molecule has 0 spiro atoms. The number of carboxylic acid groups (broad SMARTS) is 1. The minimum atomic E-state index is -0.923. The Balaban J connectivity index is 1.76. The quantitative estimate of drug-likeness (QED) is 0.514. The van der Waals surface area contributed by atoms with Gasteiger partial charge in [-0.2, -0.15) is 0 Å². The molecule has 30 heavy (non-hydrogen) atoms. The predicted octanol–water partition coefficient (Wildman–Crippen LogP) is 5.09. The Morgan fingerprint density at radius 3 is 2.83 bits per heavy atom. The fourth-order valence-electron chi connectivity index (χ4n) is 3.38. The maximum atomic E-state index is 14.8. The molecule has 1 aliphatic carbocycles. The third kappa shape index (κ3) is 6.09. The fraction of sp³-hybridized carbons (Fsp3) is 0.450. The highest BCUT2D eigenvalue weighted by Crippen LogP contribution is 2.32. The summed E-state index contributed by atoms with van der Waals surface area (Å²) in [6, 6.07) is 4.04. The van der Waals surface area contributed by atoms with Crippen LogP contribution in [0.1, 0.15) is 32.6 Å². The lowest BCUT2D eigenvalue weighted by Crippen LogP contribution is -2.38. The van der Waals surface area contributed by atoms with E-state index in [0.29, 0.717) is 34.2 Å². The molecule has 7 nitrogen and oxygen atoms in total. The lowest BCUT2D eigenvalue weighted by Gasteiger charge is -2.26. The SMILES string of the molecule is CCOc1ccc(N(CC2CCCC2)C(=O)Nc2ncc(SCC(=O)O)s2)c(F)c1. The van der Waals surface area contributed by atoms with Crippen molar-refractivity contribution in [2.75, 3.05) is 29.1 Å². The van der Waals surface area contributed by atoms with Crippen molar-refractivity contribution in [3.05, 3.63) is 30.2 Å². The lowest BCUT2D eigenvalue weighted by molar-refractivity contribution is -0.133. The summed E-state index contributed by atoms with van der Waals surface area (Å²) in [7, 11) is 0. The number of carbonyl (C=O) groups is 2. The average Bonchev–Trinajstić information content (AvgIpc) is 3.37. The average molecular weight is 454 g/mol. The van der Waals surface area contributed by atoms with Crippen molar-refractivity contribution < 1.29 is 23.8 Å². The summed E-state index contributed by atoms with van der Waals surface area (Å²) in [6.45, 7) is 2.67. The topological polar surface area (TPSA) is 91.8 Å². The molecule has 3 rings (SSSR count). The molecule has 162 valence electrons. The highest BCUT2D eigenvalue weighted by atomic mass is 32.2. The number of nitrogens with zero attached hydrogens (tertiary/aromatic N) is 2. The zero-order chi connectivity index (χ0) is 21.5. The first kappa shape index (κ1) is 22.4. The molecular formula is C20H24FN3O4S2. The number of hydrogen-bond donors (Lipinski definition) is 2. The summed E-state index contributed by atoms with van der Waals surface area (Å²) in [5.74, 6) is -0.792. The Labute approximate surface area is 182 Å². The van der Waals surface area contributed by atoms with Crippen LogP contribution >= 0.6 is 23.1 Å². The molecule has 1 aromatic heterocycles. The van der Waals surface area contributed by atoms with Crippen LogP contribution in [0, 0.1) is 11.7 Å². The van der Waals surface area contributed by atoms with Gasteiger partial charge in [-0.15, -0.1) is 11.8 Å². The molecule has 0 aliphatic heterocycles. The van der Waals surface area contributed by atoms with E-state index in [1.807, 2.05) is 6.92 Å². The van der Waals surface area contributed by atoms with Crippen LogP contribution in [0.15, 0.2) is 28.6 Å². The maximum Gasteiger partial charge on any atom is 0.328 e. The van der Waals surface area contributed by atoms with Gasteiger partial charge in [-0.05, 0) is 37.8 Å². The van der Waals surface area contributed by atoms with Crippen LogP contribution < -0.4 is 15.0 Å². The molecule has 2 N–H and O–H groups in total. The molecule has 0 unspecified atom stereocenters. The first-order valence-electron chi connectivity index (χ1n) is 9.77. The van der Waals surface area contributed by atoms with Gasteiger partial charge < -0.3 is 9.84 Å². The first-order valence-corrected chi connectivity index (χ1v) is 11.6. The first-order chi connectivity index (χ1) is 14.5. The molecule has 0 saturated heterocycles. The van der Waals surface area contributed by atoms with Crippen LogP contribution in [0.4, 0.5) is 20.0 Å². The van der Waals surface area contributed by atoms with E-state index in [1.54, 1.807) is 12.1 Å². The molecule has 1 aromatic carbocycles. The van der Waals surface area contributed by atoms with Crippen molar-refractivity contribution in [2.45, 2.75) is 36.8 Å². The molecule has 0 bridgehead atoms. The number of carbonyl (C=O) groups excluding carboxylic acids is 1. The van der Waals surface area contributed by atoms with E-state index < -0.39 is 17.8 Å². The van der Waals surface area contributed by atoms with E-state index in [4.69, 9.17) is 9.84 Å². The van der Waals surface area contributed by atoms with Crippen molar-refractivity contribution in [2.24, 2.45) is 5.92 Å². The molecule has 1 fully saturated rings. The van der Waals surface area contributed by atoms with Gasteiger partial charge in [0.1, 0.15) is 5.75 Å². The predicted molar refractivity (Wildman–Crippen MR) is 116 cm³/mol. The van der Waals surface area contributed by atoms with Crippen LogP contribution in [0.5, 0.6) is 5.75 Å². The van der Waals surface area contributed by atoms with Crippen LogP contribution in [-0.2, 0) is 4.79 Å². The minimum Gasteiger partial charge on any atom is -0.494 e. The van der Waals surface area contributed by atoms with E-state index in [-0.39, 0.29) is 11.4 Å². The molecular weight excluding hydrogens is 429 g/mol. The van der Waals surface area contributed by atoms with Gasteiger partial charge in [-0.25, -0.2) is 14.2 Å². The zero-order valence-corrected chi connectivity index (χ0v) is 18.2. The Kier molecular flexibility index (Phi) is 7.92. The second kappa shape index (κ2) is 10.6. The Morgan fingerprint density at radius 1 is 1.40 bits per heavy atom. The second-order valence-corrected chi connectivity index (χ2v) is 9.21. The summed E-state index contributed by atoms with van der Waals surface area (Å²) in [6.07, 6.45) is 5.77. The van der Waals surface area contributed by atoms with Crippen molar-refractivity contribution in [1.29, 1.82) is 0 Å². The van der Waals surface area contributed by atoms with Gasteiger partial charge in [-0.1, -0.05) is 24.2 Å². The Bertz CT molecular complexity index is 887. The molecule has 2 aromatic rings. The number of amides is 2. The second-order valence-electron chi connectivity index (χ2n) is 6.90. The van der Waals surface area contributed by atoms with Gasteiger partial charge in [0, 0.05) is 12.6 Å². The molecule has 2 amide bonds. The molecule has 1 saturated carbocycles. The number of benzene rings is 1. The van der Waals surface area contributed by atoms with E-state index in [9.17, 15) is 14.0 Å². The van der Waals surface area contributed by atoms with E-state index in [2.05, 4.69) is 10.3 Å². The number of urea groups is 1. The molecule has 1 heterocycles. The van der Waals surface area contributed by atoms with Gasteiger partial charge in [-0.3, -0.25) is 15.0 Å². The van der Waals surface area contributed by atoms with E-state index in [0.717, 1.165) is 37.4 Å². The van der Waals surface area contributed by atoms with Gasteiger partial charge in [0.25, 0.3) is 0 Å². The normalized spacial score (nSPS) is 13.9. The number of nitrogens with one attached hydrogen (secondary N) is 1. The van der Waals surface area contributed by atoms with Crippen LogP contribution in [0.3, 0.4) is 0 Å². The Hall–Kier alpha value is -2.33. The van der Waals surface area contributed by atoms with Crippen LogP contribution in [0.25, 0.3) is 0 Å². The monoisotopic (exact) mass is 453 g/mol. The smallest absolute Gasteiger partial charge is 0.328 e. The van der Waals surface area contributed by atoms with Crippen molar-refractivity contribution in [1.82, 2.24) is 4.98 Å². The summed E-state index contributed by atoms with van der Waals surface area (Å²) >= 11 is 2.32. The fourth-order valence-corrected chi connectivity index (χ4v) is 4.96. The van der Waals surface area contributed by atoms with Crippen LogP contribution in [0.2, 0.25) is 0 Å². The number of aliphatic carboxylic acids is 1. The lowest BCUT2D eigenvalue weighted by atomic mass is 10.1. The summed E-state index contributed by atoms with van der Waals surface area (Å²) in [5.41, 5.74) is 0.194. The van der Waals surface area contributed by atoms with Crippen molar-refractivity contribution in [3.63, 3.8) is 0 Å². The summed E-state index contributed by atoms with van der Waals surface area (Å²) < 4.78 is 20.8. The standard InChI is InChI=1S/C20H24FN3O4S2/c1-2-28-14-7-8-16(15(21)9-14)24(11-13-5-3-4-6-13)20(27)23-19-22-10-18(30-19)29-12-17(25)26/h7-10,13H,2-6,11-12H2,1H3,(H,25,26)(H,22,23,27). The molecule has 0 atom stereocenters. The number of hydrogen-bond acceptors (Lipinski definition) is 6. The highest BCUT2D eigenvalue weighted by Gasteiger charge is 2.26. The van der Waals surface area contributed by atoms with Crippen molar-refractivity contribution >= 4 is 45.9 Å². The Morgan fingerprint density at radius 2 is 2.17 bits per heavy atom. The third-order valence-electron chi connectivity index (χ3n) is 4.72. The number of thioether (sulfide) groups is 1. The third-order valence-corrected chi connectivity index (χ3v) is 6.81. The van der Waals surface area contributed by atoms with Crippen LogP contribution in [-0.4, -0.2) is 41.0 Å². The van der Waals surface area contributed by atoms with Gasteiger partial charge >= 0.3 is 12.0 Å². The number of ether oxygens (including phenoxy) is 1. The largest absolute Gasteiger partial charge is 0.494 e. The number of carboxylic acids is 1. The summed E-state index contributed by atoms with van der Waals surface area (Å²) in [4.78, 5) is 29.3. The number of rotatable bonds is 9.